The summed E-state index contributed by atoms with van der Waals surface area (Å²) >= 11 is 0. The molecule has 0 fully saturated rings. The number of hydrogen-bond donors (Lipinski definition) is 1. The lowest BCUT2D eigenvalue weighted by Crippen LogP contribution is -2.37. The van der Waals surface area contributed by atoms with Crippen LogP contribution < -0.4 is 0 Å². The second-order valence-electron chi connectivity index (χ2n) is 4.76. The van der Waals surface area contributed by atoms with Crippen LogP contribution in [0.25, 0.3) is 0 Å². The van der Waals surface area contributed by atoms with E-state index >= 15 is 0 Å². The van der Waals surface area contributed by atoms with Gasteiger partial charge in [-0.05, 0) is 18.8 Å². The van der Waals surface area contributed by atoms with Gasteiger partial charge in [0, 0.05) is 0 Å². The van der Waals surface area contributed by atoms with E-state index in [9.17, 15) is 9.90 Å². The van der Waals surface area contributed by atoms with Crippen molar-refractivity contribution in [1.29, 1.82) is 0 Å². The van der Waals surface area contributed by atoms with Gasteiger partial charge >= 0.3 is 5.97 Å². The van der Waals surface area contributed by atoms with E-state index < -0.39 is 11.6 Å². The zero-order valence-corrected chi connectivity index (χ0v) is 9.18. The standard InChI is InChI=1S/C10H20O3/c1-6-10(5,12)8(11)13-7-9(2,3)4/h12H,6-7H2,1-5H3. The number of carbonyl (C=O) groups is 1. The summed E-state index contributed by atoms with van der Waals surface area (Å²) in [6, 6.07) is 0. The summed E-state index contributed by atoms with van der Waals surface area (Å²) in [5, 5.41) is 9.51. The Labute approximate surface area is 80.1 Å². The molecule has 1 N–H and O–H groups in total. The SMILES string of the molecule is CCC(C)(O)C(=O)OCC(C)(C)C. The summed E-state index contributed by atoms with van der Waals surface area (Å²) in [6.07, 6.45) is 0.371. The van der Waals surface area contributed by atoms with Gasteiger partial charge < -0.3 is 9.84 Å². The van der Waals surface area contributed by atoms with Crippen molar-refractivity contribution < 1.29 is 14.6 Å². The van der Waals surface area contributed by atoms with Crippen molar-refractivity contribution in [2.75, 3.05) is 6.61 Å². The van der Waals surface area contributed by atoms with Crippen LogP contribution in [0.3, 0.4) is 0 Å². The smallest absolute Gasteiger partial charge is 0.337 e. The summed E-state index contributed by atoms with van der Waals surface area (Å²) in [7, 11) is 0. The Morgan fingerprint density at radius 3 is 2.08 bits per heavy atom. The van der Waals surface area contributed by atoms with E-state index in [1.165, 1.54) is 6.92 Å². The molecule has 13 heavy (non-hydrogen) atoms. The molecular weight excluding hydrogens is 168 g/mol. The van der Waals surface area contributed by atoms with Crippen LogP contribution in [-0.4, -0.2) is 23.3 Å². The normalized spacial score (nSPS) is 16.5. The Hall–Kier alpha value is -0.570. The second kappa shape index (κ2) is 4.09. The molecule has 0 saturated carbocycles. The van der Waals surface area contributed by atoms with E-state index in [1.54, 1.807) is 6.92 Å². The molecule has 0 saturated heterocycles. The highest BCUT2D eigenvalue weighted by Crippen LogP contribution is 2.16. The Morgan fingerprint density at radius 1 is 1.31 bits per heavy atom. The summed E-state index contributed by atoms with van der Waals surface area (Å²) in [6.45, 7) is 9.47. The van der Waals surface area contributed by atoms with E-state index in [0.29, 0.717) is 13.0 Å². The zero-order valence-electron chi connectivity index (χ0n) is 9.18. The number of hydrogen-bond acceptors (Lipinski definition) is 3. The third-order valence-electron chi connectivity index (χ3n) is 1.76. The largest absolute Gasteiger partial charge is 0.463 e. The van der Waals surface area contributed by atoms with Gasteiger partial charge in [-0.25, -0.2) is 4.79 Å². The predicted octanol–water partition coefficient (Wildman–Crippen LogP) is 1.74. The number of aliphatic hydroxyl groups is 1. The maximum Gasteiger partial charge on any atom is 0.337 e. The van der Waals surface area contributed by atoms with E-state index in [1.807, 2.05) is 20.8 Å². The fraction of sp³-hybridized carbons (Fsp3) is 0.900. The molecule has 0 spiro atoms. The first-order chi connectivity index (χ1) is 5.69. The molecule has 0 bridgehead atoms. The molecule has 0 aromatic heterocycles. The van der Waals surface area contributed by atoms with Crippen LogP contribution in [0.15, 0.2) is 0 Å². The molecular formula is C10H20O3. The van der Waals surface area contributed by atoms with Gasteiger partial charge in [-0.3, -0.25) is 0 Å². The van der Waals surface area contributed by atoms with Crippen LogP contribution in [0, 0.1) is 5.41 Å². The Morgan fingerprint density at radius 2 is 1.77 bits per heavy atom. The van der Waals surface area contributed by atoms with Crippen molar-refractivity contribution in [2.45, 2.75) is 46.6 Å². The Balaban J connectivity index is 4.03. The first kappa shape index (κ1) is 12.4. The molecule has 0 heterocycles. The molecule has 0 radical (unpaired) electrons. The van der Waals surface area contributed by atoms with E-state index in [4.69, 9.17) is 4.74 Å². The fourth-order valence-electron chi connectivity index (χ4n) is 0.582. The first-order valence-electron chi connectivity index (χ1n) is 4.58. The first-order valence-corrected chi connectivity index (χ1v) is 4.58. The van der Waals surface area contributed by atoms with Crippen molar-refractivity contribution in [1.82, 2.24) is 0 Å². The zero-order chi connectivity index (χ0) is 10.7. The van der Waals surface area contributed by atoms with Crippen LogP contribution in [-0.2, 0) is 9.53 Å². The Kier molecular flexibility index (Phi) is 3.91. The lowest BCUT2D eigenvalue weighted by molar-refractivity contribution is -0.166. The molecule has 0 aliphatic heterocycles. The van der Waals surface area contributed by atoms with Gasteiger partial charge in [0.25, 0.3) is 0 Å². The highest BCUT2D eigenvalue weighted by molar-refractivity contribution is 5.78. The molecule has 0 aromatic carbocycles. The predicted molar refractivity (Wildman–Crippen MR) is 51.3 cm³/mol. The van der Waals surface area contributed by atoms with Crippen molar-refractivity contribution >= 4 is 5.97 Å². The molecule has 0 rings (SSSR count). The lowest BCUT2D eigenvalue weighted by Gasteiger charge is -2.23. The number of carbonyl (C=O) groups excluding carboxylic acids is 1. The molecule has 1 unspecified atom stereocenters. The fourth-order valence-corrected chi connectivity index (χ4v) is 0.582. The van der Waals surface area contributed by atoms with Crippen molar-refractivity contribution in [3.05, 3.63) is 0 Å². The molecule has 0 aromatic rings. The number of ether oxygens (including phenoxy) is 1. The minimum atomic E-state index is -1.34. The van der Waals surface area contributed by atoms with E-state index in [2.05, 4.69) is 0 Å². The van der Waals surface area contributed by atoms with E-state index in [-0.39, 0.29) is 5.41 Å². The molecule has 0 aliphatic carbocycles. The van der Waals surface area contributed by atoms with Gasteiger partial charge in [0.15, 0.2) is 5.60 Å². The molecule has 0 aliphatic rings. The van der Waals surface area contributed by atoms with Gasteiger partial charge in [0.1, 0.15) is 0 Å². The maximum absolute atomic E-state index is 11.3. The summed E-state index contributed by atoms with van der Waals surface area (Å²) in [4.78, 5) is 11.3. The topological polar surface area (TPSA) is 46.5 Å². The second-order valence-corrected chi connectivity index (χ2v) is 4.76. The molecule has 3 nitrogen and oxygen atoms in total. The lowest BCUT2D eigenvalue weighted by atomic mass is 9.98. The van der Waals surface area contributed by atoms with Crippen LogP contribution in [0.4, 0.5) is 0 Å². The minimum absolute atomic E-state index is 0.0561. The van der Waals surface area contributed by atoms with Crippen molar-refractivity contribution in [3.8, 4) is 0 Å². The highest BCUT2D eigenvalue weighted by atomic mass is 16.5. The Bertz CT molecular complexity index is 177. The molecule has 78 valence electrons. The van der Waals surface area contributed by atoms with Crippen LogP contribution in [0.1, 0.15) is 41.0 Å². The van der Waals surface area contributed by atoms with Crippen molar-refractivity contribution in [2.24, 2.45) is 5.41 Å². The molecule has 1 atom stereocenters. The third-order valence-corrected chi connectivity index (χ3v) is 1.76. The highest BCUT2D eigenvalue weighted by Gasteiger charge is 2.30. The summed E-state index contributed by atoms with van der Waals surface area (Å²) < 4.78 is 4.97. The van der Waals surface area contributed by atoms with Gasteiger partial charge in [-0.15, -0.1) is 0 Å². The average Bonchev–Trinajstić information content (AvgIpc) is 1.98. The maximum atomic E-state index is 11.3. The van der Waals surface area contributed by atoms with Gasteiger partial charge in [-0.2, -0.15) is 0 Å². The quantitative estimate of drug-likeness (QED) is 0.686. The molecule has 3 heteroatoms. The van der Waals surface area contributed by atoms with Gasteiger partial charge in [0.2, 0.25) is 0 Å². The van der Waals surface area contributed by atoms with Crippen molar-refractivity contribution in [3.63, 3.8) is 0 Å². The van der Waals surface area contributed by atoms with Crippen LogP contribution in [0.2, 0.25) is 0 Å². The summed E-state index contributed by atoms with van der Waals surface area (Å²) in [5.74, 6) is -0.537. The summed E-state index contributed by atoms with van der Waals surface area (Å²) in [5.41, 5.74) is -1.40. The van der Waals surface area contributed by atoms with Gasteiger partial charge in [0.05, 0.1) is 6.61 Å². The van der Waals surface area contributed by atoms with Crippen LogP contribution >= 0.6 is 0 Å². The molecule has 0 amide bonds. The number of rotatable bonds is 3. The number of esters is 1. The monoisotopic (exact) mass is 188 g/mol. The minimum Gasteiger partial charge on any atom is -0.463 e. The average molecular weight is 188 g/mol. The van der Waals surface area contributed by atoms with Crippen LogP contribution in [0.5, 0.6) is 0 Å². The van der Waals surface area contributed by atoms with Gasteiger partial charge in [-0.1, -0.05) is 27.7 Å². The third kappa shape index (κ3) is 4.88. The van der Waals surface area contributed by atoms with E-state index in [0.717, 1.165) is 0 Å².